The quantitative estimate of drug-likeness (QED) is 0.432. The number of likely N-dealkylation sites (N-methyl/N-ethyl adjacent to an activating group) is 1. The Bertz CT molecular complexity index is 1150. The van der Waals surface area contributed by atoms with Gasteiger partial charge in [0.05, 0.1) is 22.3 Å². The molecule has 4 rings (SSSR count). The van der Waals surface area contributed by atoms with Crippen molar-refractivity contribution in [3.63, 3.8) is 0 Å². The van der Waals surface area contributed by atoms with E-state index in [1.807, 2.05) is 19.1 Å². The van der Waals surface area contributed by atoms with Crippen molar-refractivity contribution in [3.05, 3.63) is 57.4 Å². The van der Waals surface area contributed by atoms with E-state index in [9.17, 15) is 9.90 Å². The number of nitrogens with one attached hydrogen (secondary N) is 3. The van der Waals surface area contributed by atoms with Crippen molar-refractivity contribution in [2.75, 3.05) is 26.2 Å². The van der Waals surface area contributed by atoms with E-state index in [4.69, 9.17) is 11.6 Å². The summed E-state index contributed by atoms with van der Waals surface area (Å²) in [5.74, 6) is 0.0622. The van der Waals surface area contributed by atoms with Crippen LogP contribution in [0.1, 0.15) is 53.1 Å². The largest absolute Gasteiger partial charge is 0.494 e. The van der Waals surface area contributed by atoms with Gasteiger partial charge in [0, 0.05) is 34.8 Å². The maximum Gasteiger partial charge on any atom is 0.253 e. The SMILES string of the molecule is CCN(CC)CCNC(=O)c1c(C)[nH]c2c1CCC=C2c1c(O)[nH]c2cc(Cl)ccc12. The van der Waals surface area contributed by atoms with E-state index in [0.29, 0.717) is 11.6 Å². The average Bonchev–Trinajstić information content (AvgIpc) is 3.25. The van der Waals surface area contributed by atoms with E-state index >= 15 is 0 Å². The molecule has 164 valence electrons. The Balaban J connectivity index is 1.66. The zero-order valence-electron chi connectivity index (χ0n) is 18.2. The number of hydrogen-bond donors (Lipinski definition) is 4. The maximum atomic E-state index is 13.0. The Morgan fingerprint density at radius 2 is 2.03 bits per heavy atom. The normalized spacial score (nSPS) is 13.5. The Morgan fingerprint density at radius 1 is 1.26 bits per heavy atom. The number of rotatable bonds is 7. The topological polar surface area (TPSA) is 84.2 Å². The van der Waals surface area contributed by atoms with Gasteiger partial charge in [0.25, 0.3) is 5.91 Å². The lowest BCUT2D eigenvalue weighted by Crippen LogP contribution is -2.35. The fourth-order valence-electron chi connectivity index (χ4n) is 4.54. The van der Waals surface area contributed by atoms with Gasteiger partial charge in [0.15, 0.2) is 5.88 Å². The molecule has 0 bridgehead atoms. The molecule has 31 heavy (non-hydrogen) atoms. The van der Waals surface area contributed by atoms with Gasteiger partial charge < -0.3 is 25.3 Å². The summed E-state index contributed by atoms with van der Waals surface area (Å²) in [4.78, 5) is 21.8. The van der Waals surface area contributed by atoms with Crippen LogP contribution in [-0.2, 0) is 6.42 Å². The number of aromatic nitrogens is 2. The van der Waals surface area contributed by atoms with Crippen LogP contribution < -0.4 is 5.32 Å². The number of fused-ring (bicyclic) bond motifs is 2. The van der Waals surface area contributed by atoms with Crippen molar-refractivity contribution in [2.24, 2.45) is 0 Å². The Morgan fingerprint density at radius 3 is 2.77 bits per heavy atom. The Kier molecular flexibility index (Phi) is 6.12. The van der Waals surface area contributed by atoms with Gasteiger partial charge in [-0.25, -0.2) is 0 Å². The lowest BCUT2D eigenvalue weighted by molar-refractivity contribution is 0.0947. The molecule has 1 amide bonds. The molecule has 2 aromatic heterocycles. The summed E-state index contributed by atoms with van der Waals surface area (Å²) in [5.41, 5.74) is 5.93. The number of halogens is 1. The third kappa shape index (κ3) is 3.98. The van der Waals surface area contributed by atoms with Gasteiger partial charge in [-0.15, -0.1) is 0 Å². The third-order valence-corrected chi connectivity index (χ3v) is 6.38. The molecule has 0 unspecified atom stereocenters. The second-order valence-corrected chi connectivity index (χ2v) is 8.39. The Hall–Kier alpha value is -2.70. The molecule has 0 fully saturated rings. The zero-order chi connectivity index (χ0) is 22.1. The number of carbonyl (C=O) groups is 1. The van der Waals surface area contributed by atoms with E-state index in [1.54, 1.807) is 6.07 Å². The first-order valence-corrected chi connectivity index (χ1v) is 11.2. The number of aromatic amines is 2. The zero-order valence-corrected chi connectivity index (χ0v) is 19.0. The highest BCUT2D eigenvalue weighted by Crippen LogP contribution is 2.41. The monoisotopic (exact) mass is 440 g/mol. The van der Waals surface area contributed by atoms with E-state index in [-0.39, 0.29) is 11.8 Å². The molecule has 7 heteroatoms. The fourth-order valence-corrected chi connectivity index (χ4v) is 4.71. The first-order chi connectivity index (χ1) is 14.9. The highest BCUT2D eigenvalue weighted by Gasteiger charge is 2.28. The smallest absolute Gasteiger partial charge is 0.253 e. The predicted octanol–water partition coefficient (Wildman–Crippen LogP) is 4.61. The molecule has 4 N–H and O–H groups in total. The number of nitrogens with zero attached hydrogens (tertiary/aromatic N) is 1. The molecule has 2 heterocycles. The van der Waals surface area contributed by atoms with E-state index < -0.39 is 0 Å². The van der Waals surface area contributed by atoms with E-state index in [2.05, 4.69) is 40.1 Å². The number of amides is 1. The summed E-state index contributed by atoms with van der Waals surface area (Å²) in [6.07, 6.45) is 3.72. The lowest BCUT2D eigenvalue weighted by atomic mass is 9.89. The molecular formula is C24H29ClN4O2. The lowest BCUT2D eigenvalue weighted by Gasteiger charge is -2.18. The molecule has 3 aromatic rings. The minimum absolute atomic E-state index is 0.0432. The van der Waals surface area contributed by atoms with Gasteiger partial charge >= 0.3 is 0 Å². The molecular weight excluding hydrogens is 412 g/mol. The summed E-state index contributed by atoms with van der Waals surface area (Å²) in [7, 11) is 0. The summed E-state index contributed by atoms with van der Waals surface area (Å²) >= 11 is 6.12. The van der Waals surface area contributed by atoms with Gasteiger partial charge in [-0.05, 0) is 50.6 Å². The third-order valence-electron chi connectivity index (χ3n) is 6.15. The summed E-state index contributed by atoms with van der Waals surface area (Å²) in [5, 5.41) is 15.3. The van der Waals surface area contributed by atoms with Crippen LogP contribution in [0.2, 0.25) is 5.02 Å². The first kappa shape index (κ1) is 21.5. The average molecular weight is 441 g/mol. The number of H-pyrrole nitrogens is 2. The van der Waals surface area contributed by atoms with Crippen LogP contribution in [0.4, 0.5) is 0 Å². The maximum absolute atomic E-state index is 13.0. The molecule has 1 aliphatic rings. The van der Waals surface area contributed by atoms with Gasteiger partial charge in [-0.1, -0.05) is 37.6 Å². The number of carbonyl (C=O) groups excluding carboxylic acids is 1. The van der Waals surface area contributed by atoms with Crippen molar-refractivity contribution in [1.82, 2.24) is 20.2 Å². The van der Waals surface area contributed by atoms with Crippen molar-refractivity contribution < 1.29 is 9.90 Å². The number of aromatic hydroxyl groups is 1. The van der Waals surface area contributed by atoms with Gasteiger partial charge in [-0.3, -0.25) is 4.79 Å². The molecule has 0 aliphatic heterocycles. The van der Waals surface area contributed by atoms with Crippen LogP contribution in [0.25, 0.3) is 16.5 Å². The minimum atomic E-state index is -0.0432. The first-order valence-electron chi connectivity index (χ1n) is 10.9. The van der Waals surface area contributed by atoms with Crippen molar-refractivity contribution in [1.29, 1.82) is 0 Å². The van der Waals surface area contributed by atoms with Gasteiger partial charge in [0.2, 0.25) is 0 Å². The Labute approximate surface area is 187 Å². The molecule has 6 nitrogen and oxygen atoms in total. The van der Waals surface area contributed by atoms with Gasteiger partial charge in [0.1, 0.15) is 0 Å². The number of aryl methyl sites for hydroxylation is 1. The molecule has 0 saturated carbocycles. The van der Waals surface area contributed by atoms with Crippen LogP contribution in [0, 0.1) is 6.92 Å². The van der Waals surface area contributed by atoms with Crippen LogP contribution in [-0.4, -0.2) is 52.1 Å². The number of benzene rings is 1. The molecule has 1 aromatic carbocycles. The second-order valence-electron chi connectivity index (χ2n) is 7.96. The fraction of sp³-hybridized carbons (Fsp3) is 0.375. The predicted molar refractivity (Wildman–Crippen MR) is 126 cm³/mol. The standard InChI is InChI=1S/C24H29ClN4O2/c1-4-29(5-2)12-11-26-23(30)20-14(3)27-22-17(20)7-6-8-18(22)21-16-10-9-15(25)13-19(16)28-24(21)31/h8-10,13,27-28,31H,4-7,11-12H2,1-3H3,(H,26,30). The van der Waals surface area contributed by atoms with Crippen molar-refractivity contribution >= 4 is 34.0 Å². The minimum Gasteiger partial charge on any atom is -0.494 e. The molecule has 0 radical (unpaired) electrons. The molecule has 0 spiro atoms. The van der Waals surface area contributed by atoms with Crippen LogP contribution in [0.3, 0.4) is 0 Å². The van der Waals surface area contributed by atoms with E-state index in [0.717, 1.165) is 77.0 Å². The van der Waals surface area contributed by atoms with Crippen molar-refractivity contribution in [3.8, 4) is 5.88 Å². The molecule has 0 saturated heterocycles. The summed E-state index contributed by atoms with van der Waals surface area (Å²) in [6, 6.07) is 5.54. The molecule has 1 aliphatic carbocycles. The summed E-state index contributed by atoms with van der Waals surface area (Å²) < 4.78 is 0. The highest BCUT2D eigenvalue weighted by atomic mass is 35.5. The number of hydrogen-bond acceptors (Lipinski definition) is 3. The number of allylic oxidation sites excluding steroid dienone is 1. The van der Waals surface area contributed by atoms with Crippen LogP contribution in [0.5, 0.6) is 5.88 Å². The van der Waals surface area contributed by atoms with Crippen molar-refractivity contribution in [2.45, 2.75) is 33.6 Å². The summed E-state index contributed by atoms with van der Waals surface area (Å²) in [6.45, 7) is 9.58. The van der Waals surface area contributed by atoms with Crippen LogP contribution >= 0.6 is 11.6 Å². The van der Waals surface area contributed by atoms with E-state index in [1.165, 1.54) is 0 Å². The highest BCUT2D eigenvalue weighted by molar-refractivity contribution is 6.31. The second kappa shape index (κ2) is 8.81. The van der Waals surface area contributed by atoms with Gasteiger partial charge in [-0.2, -0.15) is 0 Å². The van der Waals surface area contributed by atoms with Crippen LogP contribution in [0.15, 0.2) is 24.3 Å². The molecule has 0 atom stereocenters.